The van der Waals surface area contributed by atoms with Crippen LogP contribution in [-0.4, -0.2) is 26.0 Å². The number of aryl methyl sites for hydroxylation is 1. The first-order valence-electron chi connectivity index (χ1n) is 6.30. The van der Waals surface area contributed by atoms with Crippen LogP contribution in [0.1, 0.15) is 29.9 Å². The first kappa shape index (κ1) is 15.0. The first-order valence-corrected chi connectivity index (χ1v) is 6.30. The van der Waals surface area contributed by atoms with E-state index in [4.69, 9.17) is 0 Å². The Morgan fingerprint density at radius 2 is 2.17 bits per heavy atom. The highest BCUT2D eigenvalue weighted by Gasteiger charge is 2.21. The van der Waals surface area contributed by atoms with Crippen molar-refractivity contribution in [2.75, 3.05) is 20.1 Å². The van der Waals surface area contributed by atoms with Crippen LogP contribution < -0.4 is 10.6 Å². The van der Waals surface area contributed by atoms with E-state index in [1.54, 1.807) is 0 Å². The van der Waals surface area contributed by atoms with Crippen LogP contribution in [0.2, 0.25) is 0 Å². The molecule has 100 valence electrons. The van der Waals surface area contributed by atoms with Gasteiger partial charge in [-0.3, -0.25) is 4.79 Å². The number of hydrogen-bond donors (Lipinski definition) is 2. The van der Waals surface area contributed by atoms with Crippen LogP contribution in [0.15, 0.2) is 24.3 Å². The van der Waals surface area contributed by atoms with Gasteiger partial charge in [-0.2, -0.15) is 0 Å². The van der Waals surface area contributed by atoms with Crippen molar-refractivity contribution in [3.8, 4) is 0 Å². The smallest absolute Gasteiger partial charge is 0.221 e. The van der Waals surface area contributed by atoms with E-state index in [2.05, 4.69) is 34.9 Å². The van der Waals surface area contributed by atoms with Crippen LogP contribution in [0, 0.1) is 0 Å². The molecule has 1 unspecified atom stereocenters. The lowest BCUT2D eigenvalue weighted by atomic mass is 10.0. The molecule has 0 saturated heterocycles. The van der Waals surface area contributed by atoms with E-state index in [9.17, 15) is 4.79 Å². The molecule has 0 bridgehead atoms. The number of nitrogens with one attached hydrogen (secondary N) is 2. The van der Waals surface area contributed by atoms with E-state index in [0.29, 0.717) is 12.3 Å². The minimum Gasteiger partial charge on any atom is -0.355 e. The number of carbonyl (C=O) groups is 1. The summed E-state index contributed by atoms with van der Waals surface area (Å²) in [4.78, 5) is 11.5. The predicted octanol–water partition coefficient (Wildman–Crippen LogP) is 1.86. The van der Waals surface area contributed by atoms with Gasteiger partial charge in [0.1, 0.15) is 0 Å². The Morgan fingerprint density at radius 1 is 1.39 bits per heavy atom. The molecule has 2 N–H and O–H groups in total. The molecule has 1 aliphatic rings. The Bertz CT molecular complexity index is 395. The average Bonchev–Trinajstić information content (AvgIpc) is 2.77. The van der Waals surface area contributed by atoms with Crippen molar-refractivity contribution in [2.24, 2.45) is 0 Å². The number of rotatable bonds is 5. The largest absolute Gasteiger partial charge is 0.355 e. The molecular formula is C14H21ClN2O. The molecular weight excluding hydrogens is 248 g/mol. The van der Waals surface area contributed by atoms with Crippen molar-refractivity contribution in [3.63, 3.8) is 0 Å². The standard InChI is InChI=1S/C14H20N2O.ClH/c1-15-9-8-14(17)16-10-12-7-6-11-4-2-3-5-13(11)12;/h2-5,12,15H,6-10H2,1H3,(H,16,17);1H. The molecule has 0 saturated carbocycles. The molecule has 1 atom stereocenters. The third-order valence-corrected chi connectivity index (χ3v) is 3.40. The van der Waals surface area contributed by atoms with Crippen molar-refractivity contribution < 1.29 is 4.79 Å². The van der Waals surface area contributed by atoms with Gasteiger partial charge in [-0.1, -0.05) is 24.3 Å². The molecule has 0 aromatic heterocycles. The molecule has 0 aliphatic heterocycles. The monoisotopic (exact) mass is 268 g/mol. The molecule has 1 aromatic rings. The van der Waals surface area contributed by atoms with Gasteiger partial charge in [0, 0.05) is 25.4 Å². The van der Waals surface area contributed by atoms with E-state index in [1.807, 2.05) is 7.05 Å². The maximum absolute atomic E-state index is 11.5. The predicted molar refractivity (Wildman–Crippen MR) is 76.3 cm³/mol. The van der Waals surface area contributed by atoms with Crippen molar-refractivity contribution in [2.45, 2.75) is 25.2 Å². The number of benzene rings is 1. The van der Waals surface area contributed by atoms with Gasteiger partial charge in [-0.15, -0.1) is 12.4 Å². The zero-order valence-corrected chi connectivity index (χ0v) is 11.6. The van der Waals surface area contributed by atoms with Crippen molar-refractivity contribution in [1.29, 1.82) is 0 Å². The average molecular weight is 269 g/mol. The van der Waals surface area contributed by atoms with Gasteiger partial charge in [0.15, 0.2) is 0 Å². The topological polar surface area (TPSA) is 41.1 Å². The Morgan fingerprint density at radius 3 is 2.94 bits per heavy atom. The summed E-state index contributed by atoms with van der Waals surface area (Å²) in [6.07, 6.45) is 2.86. The molecule has 1 aromatic carbocycles. The lowest BCUT2D eigenvalue weighted by molar-refractivity contribution is -0.121. The summed E-state index contributed by atoms with van der Waals surface area (Å²) in [5, 5.41) is 6.00. The van der Waals surface area contributed by atoms with Gasteiger partial charge in [0.25, 0.3) is 0 Å². The molecule has 18 heavy (non-hydrogen) atoms. The van der Waals surface area contributed by atoms with E-state index >= 15 is 0 Å². The number of amides is 1. The highest BCUT2D eigenvalue weighted by Crippen LogP contribution is 2.31. The Labute approximate surface area is 115 Å². The second kappa shape index (κ2) is 7.39. The Kier molecular flexibility index (Phi) is 6.16. The Hall–Kier alpha value is -1.06. The fourth-order valence-electron chi connectivity index (χ4n) is 2.42. The van der Waals surface area contributed by atoms with Crippen LogP contribution in [0.4, 0.5) is 0 Å². The summed E-state index contributed by atoms with van der Waals surface area (Å²) in [5.41, 5.74) is 2.86. The SMILES string of the molecule is CNCCC(=O)NCC1CCc2ccccc21.Cl. The minimum atomic E-state index is 0. The van der Waals surface area contributed by atoms with Crippen molar-refractivity contribution >= 4 is 18.3 Å². The first-order chi connectivity index (χ1) is 8.31. The second-order valence-corrected chi connectivity index (χ2v) is 4.59. The lowest BCUT2D eigenvalue weighted by Gasteiger charge is -2.12. The number of halogens is 1. The Balaban J connectivity index is 0.00000162. The van der Waals surface area contributed by atoms with E-state index in [1.165, 1.54) is 11.1 Å². The fourth-order valence-corrected chi connectivity index (χ4v) is 2.42. The van der Waals surface area contributed by atoms with Crippen molar-refractivity contribution in [3.05, 3.63) is 35.4 Å². The summed E-state index contributed by atoms with van der Waals surface area (Å²) in [7, 11) is 1.86. The number of carbonyl (C=O) groups excluding carboxylic acids is 1. The van der Waals surface area contributed by atoms with Gasteiger partial charge in [-0.05, 0) is 31.0 Å². The number of hydrogen-bond acceptors (Lipinski definition) is 2. The highest BCUT2D eigenvalue weighted by atomic mass is 35.5. The summed E-state index contributed by atoms with van der Waals surface area (Å²) in [5.74, 6) is 0.647. The van der Waals surface area contributed by atoms with E-state index in [0.717, 1.165) is 25.9 Å². The molecule has 0 heterocycles. The molecule has 0 radical (unpaired) electrons. The lowest BCUT2D eigenvalue weighted by Crippen LogP contribution is -2.29. The summed E-state index contributed by atoms with van der Waals surface area (Å²) < 4.78 is 0. The van der Waals surface area contributed by atoms with Gasteiger partial charge >= 0.3 is 0 Å². The summed E-state index contributed by atoms with van der Waals surface area (Å²) in [6, 6.07) is 8.55. The van der Waals surface area contributed by atoms with Crippen LogP contribution in [0.5, 0.6) is 0 Å². The third-order valence-electron chi connectivity index (χ3n) is 3.40. The van der Waals surface area contributed by atoms with Gasteiger partial charge in [-0.25, -0.2) is 0 Å². The highest BCUT2D eigenvalue weighted by molar-refractivity contribution is 5.85. The molecule has 0 spiro atoms. The quantitative estimate of drug-likeness (QED) is 0.856. The molecule has 1 aliphatic carbocycles. The van der Waals surface area contributed by atoms with E-state index < -0.39 is 0 Å². The molecule has 4 heteroatoms. The normalized spacial score (nSPS) is 16.8. The maximum Gasteiger partial charge on any atom is 0.221 e. The van der Waals surface area contributed by atoms with Crippen LogP contribution >= 0.6 is 12.4 Å². The van der Waals surface area contributed by atoms with E-state index in [-0.39, 0.29) is 18.3 Å². The summed E-state index contributed by atoms with van der Waals surface area (Å²) >= 11 is 0. The van der Waals surface area contributed by atoms with Gasteiger partial charge < -0.3 is 10.6 Å². The fraction of sp³-hybridized carbons (Fsp3) is 0.500. The van der Waals surface area contributed by atoms with Gasteiger partial charge in [0.05, 0.1) is 0 Å². The number of fused-ring (bicyclic) bond motifs is 1. The zero-order valence-electron chi connectivity index (χ0n) is 10.7. The maximum atomic E-state index is 11.5. The van der Waals surface area contributed by atoms with Crippen molar-refractivity contribution in [1.82, 2.24) is 10.6 Å². The molecule has 0 fully saturated rings. The van der Waals surface area contributed by atoms with Gasteiger partial charge in [0.2, 0.25) is 5.91 Å². The summed E-state index contributed by atoms with van der Waals surface area (Å²) in [6.45, 7) is 1.52. The second-order valence-electron chi connectivity index (χ2n) is 4.59. The van der Waals surface area contributed by atoms with Crippen LogP contribution in [0.3, 0.4) is 0 Å². The van der Waals surface area contributed by atoms with Crippen LogP contribution in [0.25, 0.3) is 0 Å². The third kappa shape index (κ3) is 3.72. The minimum absolute atomic E-state index is 0. The molecule has 2 rings (SSSR count). The zero-order chi connectivity index (χ0) is 12.1. The molecule has 3 nitrogen and oxygen atoms in total. The molecule has 1 amide bonds. The van der Waals surface area contributed by atoms with Crippen LogP contribution in [-0.2, 0) is 11.2 Å².